The predicted octanol–water partition coefficient (Wildman–Crippen LogP) is 2.88. The van der Waals surface area contributed by atoms with E-state index in [2.05, 4.69) is 43.3 Å². The third-order valence-corrected chi connectivity index (χ3v) is 3.05. The number of piperidine rings is 1. The number of likely N-dealkylation sites (tertiary alicyclic amines) is 1. The van der Waals surface area contributed by atoms with E-state index in [0.29, 0.717) is 5.92 Å². The lowest BCUT2D eigenvalue weighted by Gasteiger charge is -2.34. The summed E-state index contributed by atoms with van der Waals surface area (Å²) in [6, 6.07) is 0. The number of nitrogens with zero attached hydrogens (tertiary/aromatic N) is 2. The molecule has 0 aliphatic carbocycles. The van der Waals surface area contributed by atoms with Gasteiger partial charge in [0, 0.05) is 19.3 Å². The standard InChI is InChI=1S/C13H22N2/c1-6-12-7-8-15(9-13(12)14-5)11(4)10(2)3/h6,10H,4,7-9H2,1-3,5H3/b12-6-,14-13?. The fourth-order valence-corrected chi connectivity index (χ4v) is 1.90. The largest absolute Gasteiger partial charge is 0.369 e. The maximum Gasteiger partial charge on any atom is 0.0597 e. The van der Waals surface area contributed by atoms with Crippen molar-refractivity contribution in [2.75, 3.05) is 20.1 Å². The van der Waals surface area contributed by atoms with Crippen LogP contribution in [-0.4, -0.2) is 30.7 Å². The van der Waals surface area contributed by atoms with E-state index in [0.717, 1.165) is 19.5 Å². The van der Waals surface area contributed by atoms with E-state index in [-0.39, 0.29) is 0 Å². The van der Waals surface area contributed by atoms with Crippen LogP contribution in [0, 0.1) is 5.92 Å². The van der Waals surface area contributed by atoms with E-state index >= 15 is 0 Å². The number of allylic oxidation sites excluding steroid dienone is 2. The van der Waals surface area contributed by atoms with Crippen LogP contribution >= 0.6 is 0 Å². The molecule has 0 N–H and O–H groups in total. The summed E-state index contributed by atoms with van der Waals surface area (Å²) >= 11 is 0. The van der Waals surface area contributed by atoms with Crippen LogP contribution in [0.15, 0.2) is 28.9 Å². The molecule has 84 valence electrons. The molecule has 0 unspecified atom stereocenters. The lowest BCUT2D eigenvalue weighted by molar-refractivity contribution is 0.346. The lowest BCUT2D eigenvalue weighted by Crippen LogP contribution is -2.37. The van der Waals surface area contributed by atoms with E-state index in [1.807, 2.05) is 7.05 Å². The van der Waals surface area contributed by atoms with Crippen molar-refractivity contribution in [3.05, 3.63) is 23.9 Å². The lowest BCUT2D eigenvalue weighted by atomic mass is 9.99. The zero-order valence-corrected chi connectivity index (χ0v) is 10.4. The zero-order chi connectivity index (χ0) is 11.4. The minimum atomic E-state index is 0.523. The van der Waals surface area contributed by atoms with Crippen LogP contribution in [0.3, 0.4) is 0 Å². The summed E-state index contributed by atoms with van der Waals surface area (Å²) in [5.74, 6) is 0.523. The van der Waals surface area contributed by atoms with Gasteiger partial charge in [0.15, 0.2) is 0 Å². The summed E-state index contributed by atoms with van der Waals surface area (Å²) in [6.07, 6.45) is 3.27. The molecular weight excluding hydrogens is 184 g/mol. The van der Waals surface area contributed by atoms with Gasteiger partial charge in [-0.2, -0.15) is 0 Å². The Morgan fingerprint density at radius 2 is 2.20 bits per heavy atom. The summed E-state index contributed by atoms with van der Waals surface area (Å²) in [5, 5.41) is 0. The van der Waals surface area contributed by atoms with E-state index in [1.165, 1.54) is 17.0 Å². The van der Waals surface area contributed by atoms with Crippen molar-refractivity contribution in [1.29, 1.82) is 0 Å². The summed E-state index contributed by atoms with van der Waals surface area (Å²) in [7, 11) is 1.88. The Morgan fingerprint density at radius 1 is 1.53 bits per heavy atom. The Balaban J connectivity index is 2.74. The predicted molar refractivity (Wildman–Crippen MR) is 67.3 cm³/mol. The zero-order valence-electron chi connectivity index (χ0n) is 10.4. The smallest absolute Gasteiger partial charge is 0.0597 e. The highest BCUT2D eigenvalue weighted by Gasteiger charge is 2.20. The van der Waals surface area contributed by atoms with E-state index < -0.39 is 0 Å². The molecule has 0 bridgehead atoms. The molecule has 0 radical (unpaired) electrons. The van der Waals surface area contributed by atoms with Crippen LogP contribution in [0.2, 0.25) is 0 Å². The summed E-state index contributed by atoms with van der Waals surface area (Å²) in [5.41, 5.74) is 3.84. The first-order valence-corrected chi connectivity index (χ1v) is 5.65. The fraction of sp³-hybridized carbons (Fsp3) is 0.615. The minimum Gasteiger partial charge on any atom is -0.369 e. The molecule has 1 rings (SSSR count). The fourth-order valence-electron chi connectivity index (χ4n) is 1.90. The highest BCUT2D eigenvalue weighted by molar-refractivity contribution is 6.02. The third kappa shape index (κ3) is 2.71. The van der Waals surface area contributed by atoms with E-state index in [9.17, 15) is 0 Å². The quantitative estimate of drug-likeness (QED) is 0.678. The Morgan fingerprint density at radius 3 is 2.67 bits per heavy atom. The first kappa shape index (κ1) is 12.0. The molecule has 0 atom stereocenters. The summed E-state index contributed by atoms with van der Waals surface area (Å²) in [4.78, 5) is 6.70. The average Bonchev–Trinajstić information content (AvgIpc) is 2.26. The molecule has 0 amide bonds. The van der Waals surface area contributed by atoms with Gasteiger partial charge >= 0.3 is 0 Å². The van der Waals surface area contributed by atoms with Gasteiger partial charge in [-0.05, 0) is 24.8 Å². The number of rotatable bonds is 2. The molecule has 1 heterocycles. The Bertz CT molecular complexity index is 298. The topological polar surface area (TPSA) is 15.6 Å². The van der Waals surface area contributed by atoms with Gasteiger partial charge in [0.1, 0.15) is 0 Å². The van der Waals surface area contributed by atoms with Gasteiger partial charge < -0.3 is 4.90 Å². The Kier molecular flexibility index (Phi) is 4.13. The van der Waals surface area contributed by atoms with Crippen molar-refractivity contribution in [2.24, 2.45) is 10.9 Å². The molecule has 0 spiro atoms. The summed E-state index contributed by atoms with van der Waals surface area (Å²) in [6.45, 7) is 12.6. The van der Waals surface area contributed by atoms with Crippen LogP contribution < -0.4 is 0 Å². The van der Waals surface area contributed by atoms with Crippen LogP contribution in [0.5, 0.6) is 0 Å². The summed E-state index contributed by atoms with van der Waals surface area (Å²) < 4.78 is 0. The van der Waals surface area contributed by atoms with Crippen LogP contribution in [0.4, 0.5) is 0 Å². The van der Waals surface area contributed by atoms with Crippen molar-refractivity contribution >= 4 is 5.71 Å². The second-order valence-electron chi connectivity index (χ2n) is 4.30. The molecule has 2 nitrogen and oxygen atoms in total. The van der Waals surface area contributed by atoms with Gasteiger partial charge in [0.2, 0.25) is 0 Å². The Labute approximate surface area is 93.4 Å². The molecule has 0 aromatic rings. The van der Waals surface area contributed by atoms with Gasteiger partial charge in [-0.3, -0.25) is 4.99 Å². The second kappa shape index (κ2) is 5.15. The van der Waals surface area contributed by atoms with Crippen molar-refractivity contribution in [1.82, 2.24) is 4.90 Å². The molecular formula is C13H22N2. The van der Waals surface area contributed by atoms with Crippen molar-refractivity contribution < 1.29 is 0 Å². The first-order valence-electron chi connectivity index (χ1n) is 5.65. The minimum absolute atomic E-state index is 0.523. The Hall–Kier alpha value is -1.05. The van der Waals surface area contributed by atoms with Gasteiger partial charge in [-0.25, -0.2) is 0 Å². The van der Waals surface area contributed by atoms with E-state index in [1.54, 1.807) is 0 Å². The van der Waals surface area contributed by atoms with Gasteiger partial charge in [0.05, 0.1) is 12.3 Å². The van der Waals surface area contributed by atoms with Crippen molar-refractivity contribution in [3.8, 4) is 0 Å². The second-order valence-corrected chi connectivity index (χ2v) is 4.30. The number of aliphatic imine (C=N–C) groups is 1. The van der Waals surface area contributed by atoms with Gasteiger partial charge in [-0.15, -0.1) is 0 Å². The third-order valence-electron chi connectivity index (χ3n) is 3.05. The average molecular weight is 206 g/mol. The first-order chi connectivity index (χ1) is 7.10. The highest BCUT2D eigenvalue weighted by Crippen LogP contribution is 2.21. The van der Waals surface area contributed by atoms with Gasteiger partial charge in [-0.1, -0.05) is 26.5 Å². The normalized spacial score (nSPS) is 22.9. The molecule has 2 heteroatoms. The van der Waals surface area contributed by atoms with Crippen LogP contribution in [0.1, 0.15) is 27.2 Å². The number of hydrogen-bond acceptors (Lipinski definition) is 2. The van der Waals surface area contributed by atoms with Crippen molar-refractivity contribution in [3.63, 3.8) is 0 Å². The molecule has 1 saturated heterocycles. The monoisotopic (exact) mass is 206 g/mol. The molecule has 0 aromatic heterocycles. The molecule has 15 heavy (non-hydrogen) atoms. The van der Waals surface area contributed by atoms with Crippen LogP contribution in [0.25, 0.3) is 0 Å². The highest BCUT2D eigenvalue weighted by atomic mass is 15.2. The van der Waals surface area contributed by atoms with Crippen LogP contribution in [-0.2, 0) is 0 Å². The molecule has 1 aliphatic rings. The van der Waals surface area contributed by atoms with E-state index in [4.69, 9.17) is 0 Å². The molecule has 1 fully saturated rings. The maximum atomic E-state index is 4.36. The maximum absolute atomic E-state index is 4.36. The molecule has 1 aliphatic heterocycles. The number of hydrogen-bond donors (Lipinski definition) is 0. The molecule has 0 aromatic carbocycles. The SMILES string of the molecule is C=C(C(C)C)N1CC/C(=C/C)C(=NC)C1. The molecule has 0 saturated carbocycles. The van der Waals surface area contributed by atoms with Gasteiger partial charge in [0.25, 0.3) is 0 Å². The van der Waals surface area contributed by atoms with Crippen molar-refractivity contribution in [2.45, 2.75) is 27.2 Å².